The van der Waals surface area contributed by atoms with Gasteiger partial charge in [0.25, 0.3) is 0 Å². The summed E-state index contributed by atoms with van der Waals surface area (Å²) in [6.45, 7) is 1.91. The maximum Gasteiger partial charge on any atom is 0.135 e. The fourth-order valence-electron chi connectivity index (χ4n) is 1.62. The van der Waals surface area contributed by atoms with Gasteiger partial charge in [0.05, 0.1) is 11.3 Å². The van der Waals surface area contributed by atoms with E-state index < -0.39 is 0 Å². The van der Waals surface area contributed by atoms with Crippen LogP contribution in [-0.4, -0.2) is 17.0 Å². The number of hydrogen-bond acceptors (Lipinski definition) is 5. The molecule has 2 rings (SSSR count). The summed E-state index contributed by atoms with van der Waals surface area (Å²) in [4.78, 5) is 8.15. The van der Waals surface area contributed by atoms with Crippen LogP contribution in [0.4, 0.5) is 17.3 Å². The molecule has 2 aromatic rings. The first-order chi connectivity index (χ1) is 8.74. The van der Waals surface area contributed by atoms with Crippen LogP contribution in [0.25, 0.3) is 0 Å². The second-order valence-corrected chi connectivity index (χ2v) is 3.77. The first kappa shape index (κ1) is 11.9. The average molecular weight is 239 g/mol. The number of nitrogens with one attached hydrogen (secondary N) is 2. The summed E-state index contributed by atoms with van der Waals surface area (Å²) in [5.41, 5.74) is 2.31. The van der Waals surface area contributed by atoms with E-state index in [1.807, 2.05) is 25.1 Å². The highest BCUT2D eigenvalue weighted by atomic mass is 15.1. The van der Waals surface area contributed by atoms with Crippen LogP contribution in [0.3, 0.4) is 0 Å². The first-order valence-electron chi connectivity index (χ1n) is 5.51. The molecule has 0 aliphatic heterocycles. The van der Waals surface area contributed by atoms with Crippen LogP contribution >= 0.6 is 0 Å². The van der Waals surface area contributed by atoms with Gasteiger partial charge < -0.3 is 10.6 Å². The van der Waals surface area contributed by atoms with Crippen molar-refractivity contribution in [2.24, 2.45) is 0 Å². The van der Waals surface area contributed by atoms with E-state index in [4.69, 9.17) is 5.26 Å². The van der Waals surface area contributed by atoms with Crippen molar-refractivity contribution in [2.45, 2.75) is 6.92 Å². The number of rotatable bonds is 3. The molecule has 0 spiro atoms. The van der Waals surface area contributed by atoms with Gasteiger partial charge in [-0.05, 0) is 18.6 Å². The van der Waals surface area contributed by atoms with Crippen molar-refractivity contribution in [2.75, 3.05) is 17.7 Å². The van der Waals surface area contributed by atoms with Crippen molar-refractivity contribution in [3.05, 3.63) is 41.7 Å². The number of benzene rings is 1. The van der Waals surface area contributed by atoms with E-state index in [-0.39, 0.29) is 0 Å². The smallest absolute Gasteiger partial charge is 0.135 e. The Kier molecular flexibility index (Phi) is 3.39. The molecule has 0 unspecified atom stereocenters. The number of aromatic nitrogens is 2. The zero-order valence-electron chi connectivity index (χ0n) is 10.2. The van der Waals surface area contributed by atoms with E-state index in [2.05, 4.69) is 26.7 Å². The molecular formula is C13H13N5. The van der Waals surface area contributed by atoms with Gasteiger partial charge in [-0.15, -0.1) is 0 Å². The van der Waals surface area contributed by atoms with E-state index in [9.17, 15) is 0 Å². The van der Waals surface area contributed by atoms with Gasteiger partial charge >= 0.3 is 0 Å². The number of aryl methyl sites for hydroxylation is 1. The molecule has 5 heteroatoms. The molecule has 0 fully saturated rings. The van der Waals surface area contributed by atoms with Gasteiger partial charge in [0, 0.05) is 13.1 Å². The van der Waals surface area contributed by atoms with Crippen LogP contribution in [-0.2, 0) is 0 Å². The highest BCUT2D eigenvalue weighted by Gasteiger charge is 2.06. The maximum absolute atomic E-state index is 9.14. The molecule has 0 bridgehead atoms. The number of nitriles is 1. The molecule has 0 aliphatic carbocycles. The molecule has 2 N–H and O–H groups in total. The third kappa shape index (κ3) is 2.38. The summed E-state index contributed by atoms with van der Waals surface area (Å²) in [7, 11) is 1.79. The summed E-state index contributed by atoms with van der Waals surface area (Å²) in [6, 6.07) is 9.63. The summed E-state index contributed by atoms with van der Waals surface area (Å²) >= 11 is 0. The molecule has 1 aromatic carbocycles. The molecular weight excluding hydrogens is 226 g/mol. The third-order valence-electron chi connectivity index (χ3n) is 2.57. The molecule has 1 aromatic heterocycles. The lowest BCUT2D eigenvalue weighted by Gasteiger charge is -2.09. The summed E-state index contributed by atoms with van der Waals surface area (Å²) in [5, 5.41) is 15.2. The Hall–Kier alpha value is -2.61. The second kappa shape index (κ2) is 5.15. The molecule has 0 saturated heterocycles. The fourth-order valence-corrected chi connectivity index (χ4v) is 1.62. The Morgan fingerprint density at radius 2 is 2.00 bits per heavy atom. The Balaban J connectivity index is 2.34. The lowest BCUT2D eigenvalue weighted by atomic mass is 10.1. The SMILES string of the molecule is CNc1cc(Nc2cccc(C)c2C#N)ncn1. The van der Waals surface area contributed by atoms with Gasteiger partial charge in [-0.2, -0.15) is 5.26 Å². The van der Waals surface area contributed by atoms with Crippen LogP contribution < -0.4 is 10.6 Å². The predicted octanol–water partition coefficient (Wildman–Crippen LogP) is 2.44. The lowest BCUT2D eigenvalue weighted by molar-refractivity contribution is 1.16. The molecule has 18 heavy (non-hydrogen) atoms. The van der Waals surface area contributed by atoms with Gasteiger partial charge in [-0.1, -0.05) is 12.1 Å². The molecule has 0 atom stereocenters. The third-order valence-corrected chi connectivity index (χ3v) is 2.57. The van der Waals surface area contributed by atoms with E-state index in [0.717, 1.165) is 17.1 Å². The van der Waals surface area contributed by atoms with E-state index in [0.29, 0.717) is 11.4 Å². The molecule has 0 radical (unpaired) electrons. The van der Waals surface area contributed by atoms with Crippen LogP contribution in [0.5, 0.6) is 0 Å². The number of hydrogen-bond donors (Lipinski definition) is 2. The van der Waals surface area contributed by atoms with Crippen LogP contribution in [0.15, 0.2) is 30.6 Å². The molecule has 1 heterocycles. The minimum atomic E-state index is 0.627. The fraction of sp³-hybridized carbons (Fsp3) is 0.154. The molecule has 5 nitrogen and oxygen atoms in total. The van der Waals surface area contributed by atoms with Gasteiger partial charge in [0.2, 0.25) is 0 Å². The molecule has 0 aliphatic rings. The van der Waals surface area contributed by atoms with Crippen molar-refractivity contribution in [1.29, 1.82) is 5.26 Å². The van der Waals surface area contributed by atoms with Crippen molar-refractivity contribution in [3.63, 3.8) is 0 Å². The highest BCUT2D eigenvalue weighted by molar-refractivity contribution is 5.67. The van der Waals surface area contributed by atoms with Crippen LogP contribution in [0.1, 0.15) is 11.1 Å². The monoisotopic (exact) mass is 239 g/mol. The standard InChI is InChI=1S/C13H13N5/c1-9-4-3-5-11(10(9)7-14)18-13-6-12(15-2)16-8-17-13/h3-6,8H,1-2H3,(H2,15,16,17,18). The predicted molar refractivity (Wildman–Crippen MR) is 70.8 cm³/mol. The topological polar surface area (TPSA) is 73.6 Å². The normalized spacial score (nSPS) is 9.61. The van der Waals surface area contributed by atoms with Gasteiger partial charge in [-0.3, -0.25) is 0 Å². The molecule has 90 valence electrons. The van der Waals surface area contributed by atoms with Crippen molar-refractivity contribution in [1.82, 2.24) is 9.97 Å². The zero-order chi connectivity index (χ0) is 13.0. The maximum atomic E-state index is 9.14. The van der Waals surface area contributed by atoms with Crippen LogP contribution in [0, 0.1) is 18.3 Å². The lowest BCUT2D eigenvalue weighted by Crippen LogP contribution is -2.00. The summed E-state index contributed by atoms with van der Waals surface area (Å²) in [6.07, 6.45) is 1.47. The van der Waals surface area contributed by atoms with Crippen molar-refractivity contribution < 1.29 is 0 Å². The number of anilines is 3. The molecule has 0 amide bonds. The van der Waals surface area contributed by atoms with E-state index in [1.54, 1.807) is 13.1 Å². The summed E-state index contributed by atoms with van der Waals surface area (Å²) < 4.78 is 0. The Bertz CT molecular complexity index is 601. The minimum absolute atomic E-state index is 0.627. The van der Waals surface area contributed by atoms with Crippen molar-refractivity contribution in [3.8, 4) is 6.07 Å². The van der Waals surface area contributed by atoms with E-state index in [1.165, 1.54) is 6.33 Å². The minimum Gasteiger partial charge on any atom is -0.373 e. The van der Waals surface area contributed by atoms with Gasteiger partial charge in [-0.25, -0.2) is 9.97 Å². The van der Waals surface area contributed by atoms with Crippen LogP contribution in [0.2, 0.25) is 0 Å². The van der Waals surface area contributed by atoms with Gasteiger partial charge in [0.1, 0.15) is 24.0 Å². The second-order valence-electron chi connectivity index (χ2n) is 3.77. The van der Waals surface area contributed by atoms with E-state index >= 15 is 0 Å². The Labute approximate surface area is 106 Å². The van der Waals surface area contributed by atoms with Crippen molar-refractivity contribution >= 4 is 17.3 Å². The largest absolute Gasteiger partial charge is 0.373 e. The summed E-state index contributed by atoms with van der Waals surface area (Å²) in [5.74, 6) is 1.37. The Morgan fingerprint density at radius 3 is 2.72 bits per heavy atom. The average Bonchev–Trinajstić information content (AvgIpc) is 2.39. The quantitative estimate of drug-likeness (QED) is 0.860. The number of nitrogens with zero attached hydrogens (tertiary/aromatic N) is 3. The zero-order valence-corrected chi connectivity index (χ0v) is 10.2. The first-order valence-corrected chi connectivity index (χ1v) is 5.51. The highest BCUT2D eigenvalue weighted by Crippen LogP contribution is 2.22. The Morgan fingerprint density at radius 1 is 1.22 bits per heavy atom. The van der Waals surface area contributed by atoms with Gasteiger partial charge in [0.15, 0.2) is 0 Å². The molecule has 0 saturated carbocycles.